The van der Waals surface area contributed by atoms with E-state index in [4.69, 9.17) is 9.72 Å². The molecule has 2 fully saturated rings. The van der Waals surface area contributed by atoms with Gasteiger partial charge in [-0.3, -0.25) is 4.72 Å². The topological polar surface area (TPSA) is 118 Å². The first-order chi connectivity index (χ1) is 19.9. The second-order valence-corrected chi connectivity index (χ2v) is 12.8. The molecule has 2 aliphatic rings. The van der Waals surface area contributed by atoms with Gasteiger partial charge >= 0.3 is 0 Å². The largest absolute Gasteiger partial charge is 0.437 e. The molecule has 0 radical (unpaired) electrons. The van der Waals surface area contributed by atoms with Crippen LogP contribution in [0.5, 0.6) is 11.6 Å². The maximum Gasteiger partial charge on any atom is 0.233 e. The summed E-state index contributed by atoms with van der Waals surface area (Å²) in [6.45, 7) is 3.89. The van der Waals surface area contributed by atoms with Crippen molar-refractivity contribution in [2.75, 3.05) is 28.9 Å². The number of pyridine rings is 1. The van der Waals surface area contributed by atoms with Crippen molar-refractivity contribution in [1.82, 2.24) is 20.3 Å². The first kappa shape index (κ1) is 27.4. The molecule has 2 aromatic carbocycles. The summed E-state index contributed by atoms with van der Waals surface area (Å²) in [5.41, 5.74) is 2.90. The van der Waals surface area contributed by atoms with Gasteiger partial charge in [0.2, 0.25) is 21.9 Å². The van der Waals surface area contributed by atoms with Crippen LogP contribution >= 0.6 is 0 Å². The second kappa shape index (κ2) is 12.0. The third-order valence-corrected chi connectivity index (χ3v) is 9.38. The van der Waals surface area contributed by atoms with Crippen molar-refractivity contribution in [2.45, 2.75) is 51.5 Å². The van der Waals surface area contributed by atoms with Crippen LogP contribution in [-0.2, 0) is 10.0 Å². The molecule has 1 aliphatic carbocycles. The molecule has 1 aliphatic heterocycles. The number of hydrogen-bond acceptors (Lipinski definition) is 8. The molecule has 214 valence electrons. The van der Waals surface area contributed by atoms with Gasteiger partial charge in [0.1, 0.15) is 5.75 Å². The van der Waals surface area contributed by atoms with Crippen molar-refractivity contribution in [3.05, 3.63) is 66.5 Å². The number of hydrogen-bond donors (Lipinski definition) is 3. The van der Waals surface area contributed by atoms with E-state index in [0.717, 1.165) is 73.5 Å². The highest BCUT2D eigenvalue weighted by Gasteiger charge is 2.24. The van der Waals surface area contributed by atoms with Gasteiger partial charge in [0.25, 0.3) is 0 Å². The first-order valence-corrected chi connectivity index (χ1v) is 16.1. The van der Waals surface area contributed by atoms with Crippen molar-refractivity contribution in [2.24, 2.45) is 5.92 Å². The Morgan fingerprint density at radius 3 is 2.66 bits per heavy atom. The maximum atomic E-state index is 13.0. The molecule has 0 bridgehead atoms. The highest BCUT2D eigenvalue weighted by molar-refractivity contribution is 7.92. The van der Waals surface area contributed by atoms with Crippen LogP contribution in [0.2, 0.25) is 0 Å². The second-order valence-electron chi connectivity index (χ2n) is 11.1. The van der Waals surface area contributed by atoms with E-state index in [1.807, 2.05) is 49.4 Å². The number of benzene rings is 2. The van der Waals surface area contributed by atoms with Crippen LogP contribution in [0.15, 0.2) is 60.9 Å². The minimum Gasteiger partial charge on any atom is -0.437 e. The number of sulfonamides is 1. The average molecular weight is 573 g/mol. The van der Waals surface area contributed by atoms with E-state index in [2.05, 4.69) is 25.3 Å². The van der Waals surface area contributed by atoms with Crippen molar-refractivity contribution >= 4 is 32.4 Å². The summed E-state index contributed by atoms with van der Waals surface area (Å²) in [5.74, 6) is 1.99. The Morgan fingerprint density at radius 1 is 0.951 bits per heavy atom. The summed E-state index contributed by atoms with van der Waals surface area (Å²) in [6.07, 6.45) is 9.78. The van der Waals surface area contributed by atoms with Crippen molar-refractivity contribution < 1.29 is 13.2 Å². The summed E-state index contributed by atoms with van der Waals surface area (Å²) < 4.78 is 35.4. The normalized spacial score (nSPS) is 17.9. The maximum absolute atomic E-state index is 13.0. The van der Waals surface area contributed by atoms with Crippen LogP contribution in [0.25, 0.3) is 22.0 Å². The average Bonchev–Trinajstić information content (AvgIpc) is 3.48. The summed E-state index contributed by atoms with van der Waals surface area (Å²) in [7, 11) is -3.48. The summed E-state index contributed by atoms with van der Waals surface area (Å²) in [6, 6.07) is 15.4. The number of rotatable bonds is 9. The number of nitrogens with zero attached hydrogens (tertiary/aromatic N) is 3. The van der Waals surface area contributed by atoms with Gasteiger partial charge in [-0.25, -0.2) is 23.4 Å². The van der Waals surface area contributed by atoms with Crippen LogP contribution in [0.1, 0.15) is 44.1 Å². The van der Waals surface area contributed by atoms with E-state index in [1.165, 1.54) is 0 Å². The molecule has 6 rings (SSSR count). The zero-order valence-electron chi connectivity index (χ0n) is 23.3. The zero-order chi connectivity index (χ0) is 28.2. The van der Waals surface area contributed by atoms with Gasteiger partial charge in [-0.15, -0.1) is 0 Å². The van der Waals surface area contributed by atoms with Crippen molar-refractivity contribution in [1.29, 1.82) is 0 Å². The molecule has 3 heterocycles. The fourth-order valence-electron chi connectivity index (χ4n) is 5.86. The Kier molecular flexibility index (Phi) is 8.02. The van der Waals surface area contributed by atoms with Gasteiger partial charge in [-0.1, -0.05) is 37.1 Å². The molecule has 1 atom stereocenters. The minimum absolute atomic E-state index is 0.156. The number of aromatic nitrogens is 3. The lowest BCUT2D eigenvalue weighted by Crippen LogP contribution is -2.38. The van der Waals surface area contributed by atoms with E-state index < -0.39 is 10.0 Å². The number of anilines is 2. The minimum atomic E-state index is -3.48. The SMILES string of the molecule is Cc1ccc2c(NS(=O)(=O)CC3CCCC3)cccc2c1Oc1ncccc1-c1ccnc(NC2CCCNC2)n1. The van der Waals surface area contributed by atoms with Crippen LogP contribution in [-0.4, -0.2) is 48.3 Å². The number of nitrogens with one attached hydrogen (secondary N) is 3. The lowest BCUT2D eigenvalue weighted by atomic mass is 10.0. The third kappa shape index (κ3) is 6.44. The van der Waals surface area contributed by atoms with Gasteiger partial charge in [-0.05, 0) is 74.9 Å². The van der Waals surface area contributed by atoms with Crippen LogP contribution in [0, 0.1) is 12.8 Å². The van der Waals surface area contributed by atoms with Crippen LogP contribution in [0.3, 0.4) is 0 Å². The van der Waals surface area contributed by atoms with Crippen molar-refractivity contribution in [3.8, 4) is 22.9 Å². The van der Waals surface area contributed by atoms with E-state index in [0.29, 0.717) is 29.0 Å². The van der Waals surface area contributed by atoms with Crippen LogP contribution < -0.4 is 20.1 Å². The number of aryl methyl sites for hydroxylation is 1. The number of ether oxygens (including phenoxy) is 1. The molecule has 1 saturated carbocycles. The Balaban J connectivity index is 1.29. The van der Waals surface area contributed by atoms with Gasteiger partial charge in [0.15, 0.2) is 0 Å². The van der Waals surface area contributed by atoms with Gasteiger partial charge in [0.05, 0.1) is 22.7 Å². The lowest BCUT2D eigenvalue weighted by molar-refractivity contribution is 0.466. The summed E-state index contributed by atoms with van der Waals surface area (Å²) in [4.78, 5) is 13.8. The van der Waals surface area contributed by atoms with Crippen molar-refractivity contribution in [3.63, 3.8) is 0 Å². The summed E-state index contributed by atoms with van der Waals surface area (Å²) in [5, 5.41) is 8.42. The van der Waals surface area contributed by atoms with E-state index in [-0.39, 0.29) is 17.7 Å². The smallest absolute Gasteiger partial charge is 0.233 e. The molecule has 3 N–H and O–H groups in total. The number of piperidine rings is 1. The molecule has 10 heteroatoms. The molecular formula is C31H36N6O3S. The predicted octanol–water partition coefficient (Wildman–Crippen LogP) is 5.89. The summed E-state index contributed by atoms with van der Waals surface area (Å²) >= 11 is 0. The highest BCUT2D eigenvalue weighted by atomic mass is 32.2. The quantitative estimate of drug-likeness (QED) is 0.227. The van der Waals surface area contributed by atoms with Gasteiger partial charge in [0, 0.05) is 35.8 Å². The van der Waals surface area contributed by atoms with Gasteiger partial charge < -0.3 is 15.4 Å². The standard InChI is InChI=1S/C31H36N6O3S/c1-21-13-14-24-25(10-4-12-28(24)37-41(38,39)20-22-7-2-3-8-22)29(21)40-30-26(11-6-17-33-30)27-15-18-34-31(36-27)35-23-9-5-16-32-19-23/h4,6,10-15,17-18,22-23,32,37H,2-3,5,7-9,16,19-20H2,1H3,(H,34,35,36). The molecule has 0 amide bonds. The Labute approximate surface area is 241 Å². The van der Waals surface area contributed by atoms with E-state index >= 15 is 0 Å². The predicted molar refractivity (Wildman–Crippen MR) is 163 cm³/mol. The first-order valence-electron chi connectivity index (χ1n) is 14.4. The Bertz CT molecular complexity index is 1630. The fraction of sp³-hybridized carbons (Fsp3) is 0.387. The van der Waals surface area contributed by atoms with Crippen LogP contribution in [0.4, 0.5) is 11.6 Å². The number of fused-ring (bicyclic) bond motifs is 1. The molecule has 9 nitrogen and oxygen atoms in total. The molecule has 1 saturated heterocycles. The Morgan fingerprint density at radius 2 is 1.83 bits per heavy atom. The molecule has 2 aromatic heterocycles. The molecule has 0 spiro atoms. The zero-order valence-corrected chi connectivity index (χ0v) is 24.1. The Hall–Kier alpha value is -3.76. The van der Waals surface area contributed by atoms with E-state index in [9.17, 15) is 8.42 Å². The third-order valence-electron chi connectivity index (χ3n) is 7.94. The van der Waals surface area contributed by atoms with Gasteiger partial charge in [-0.2, -0.15) is 0 Å². The molecule has 4 aromatic rings. The monoisotopic (exact) mass is 572 g/mol. The fourth-order valence-corrected chi connectivity index (χ4v) is 7.41. The van der Waals surface area contributed by atoms with E-state index in [1.54, 1.807) is 18.5 Å². The highest BCUT2D eigenvalue weighted by Crippen LogP contribution is 2.39. The molecular weight excluding hydrogens is 536 g/mol. The molecule has 41 heavy (non-hydrogen) atoms. The lowest BCUT2D eigenvalue weighted by Gasteiger charge is -2.23. The molecule has 1 unspecified atom stereocenters.